The van der Waals surface area contributed by atoms with Gasteiger partial charge in [0.1, 0.15) is 6.61 Å². The molecule has 0 fully saturated rings. The van der Waals surface area contributed by atoms with Crippen LogP contribution in [0.3, 0.4) is 0 Å². The predicted molar refractivity (Wildman–Crippen MR) is 275 cm³/mol. The fourth-order valence-electron chi connectivity index (χ4n) is 7.45. The number of esters is 2. The van der Waals surface area contributed by atoms with Gasteiger partial charge in [0.2, 0.25) is 0 Å². The SMILES string of the molecule is CC/C=C\C/C=C\C/C=C\C/C=C\CCCCCCCCCCCCCCCCCCCCC(=O)OC(COC(=O)CCCCCCC/C=C\CCCCCC)COP(=O)(O)OCCN. The third kappa shape index (κ3) is 51.0. The van der Waals surface area contributed by atoms with Gasteiger partial charge < -0.3 is 20.1 Å². The van der Waals surface area contributed by atoms with Crippen LogP contribution < -0.4 is 5.73 Å². The van der Waals surface area contributed by atoms with E-state index in [4.69, 9.17) is 24.3 Å². The molecule has 9 nitrogen and oxygen atoms in total. The van der Waals surface area contributed by atoms with Gasteiger partial charge in [0, 0.05) is 19.4 Å². The molecular weight excluding hydrogens is 834 g/mol. The summed E-state index contributed by atoms with van der Waals surface area (Å²) in [7, 11) is -4.38. The molecule has 0 bridgehead atoms. The highest BCUT2D eigenvalue weighted by atomic mass is 31.2. The maximum atomic E-state index is 12.7. The molecule has 3 N–H and O–H groups in total. The average molecular weight is 934 g/mol. The topological polar surface area (TPSA) is 134 Å². The predicted octanol–water partition coefficient (Wildman–Crippen LogP) is 16.4. The molecule has 0 radical (unpaired) electrons. The molecule has 2 unspecified atom stereocenters. The molecule has 0 saturated carbocycles. The summed E-state index contributed by atoms with van der Waals surface area (Å²) < 4.78 is 32.9. The van der Waals surface area contributed by atoms with E-state index in [0.717, 1.165) is 83.5 Å². The van der Waals surface area contributed by atoms with Gasteiger partial charge in [0.25, 0.3) is 0 Å². The first-order valence-corrected chi connectivity index (χ1v) is 28.3. The Kier molecular flexibility index (Phi) is 49.3. The zero-order valence-electron chi connectivity index (χ0n) is 42.0. The van der Waals surface area contributed by atoms with Crippen molar-refractivity contribution in [1.29, 1.82) is 0 Å². The van der Waals surface area contributed by atoms with Gasteiger partial charge in [0.05, 0.1) is 13.2 Å². The molecule has 0 aliphatic rings. The second kappa shape index (κ2) is 51.1. The van der Waals surface area contributed by atoms with E-state index in [1.807, 2.05) is 0 Å². The van der Waals surface area contributed by atoms with Crippen LogP contribution in [0.5, 0.6) is 0 Å². The first-order chi connectivity index (χ1) is 31.8. The molecule has 0 saturated heterocycles. The highest BCUT2D eigenvalue weighted by molar-refractivity contribution is 7.47. The normalized spacial score (nSPS) is 13.6. The Morgan fingerprint density at radius 3 is 1.28 bits per heavy atom. The lowest BCUT2D eigenvalue weighted by Gasteiger charge is -2.19. The smallest absolute Gasteiger partial charge is 0.462 e. The summed E-state index contributed by atoms with van der Waals surface area (Å²) >= 11 is 0. The molecule has 378 valence electrons. The van der Waals surface area contributed by atoms with Crippen LogP contribution in [-0.4, -0.2) is 49.3 Å². The van der Waals surface area contributed by atoms with E-state index in [9.17, 15) is 19.0 Å². The second-order valence-corrected chi connectivity index (χ2v) is 19.2. The van der Waals surface area contributed by atoms with E-state index in [0.29, 0.717) is 6.42 Å². The molecule has 10 heteroatoms. The van der Waals surface area contributed by atoms with E-state index in [1.165, 1.54) is 128 Å². The molecule has 0 spiro atoms. The minimum Gasteiger partial charge on any atom is -0.462 e. The molecule has 0 aliphatic heterocycles. The maximum Gasteiger partial charge on any atom is 0.472 e. The Labute approximate surface area is 399 Å². The molecule has 0 rings (SSSR count). The van der Waals surface area contributed by atoms with Crippen molar-refractivity contribution in [1.82, 2.24) is 0 Å². The first-order valence-electron chi connectivity index (χ1n) is 26.8. The van der Waals surface area contributed by atoms with Crippen molar-refractivity contribution >= 4 is 19.8 Å². The van der Waals surface area contributed by atoms with Crippen LogP contribution in [0, 0.1) is 0 Å². The van der Waals surface area contributed by atoms with Gasteiger partial charge in [-0.15, -0.1) is 0 Å². The lowest BCUT2D eigenvalue weighted by Crippen LogP contribution is -2.29. The molecule has 0 aromatic rings. The quantitative estimate of drug-likeness (QED) is 0.0265. The van der Waals surface area contributed by atoms with Crippen LogP contribution in [0.4, 0.5) is 0 Å². The minimum atomic E-state index is -4.38. The number of carbonyl (C=O) groups excluding carboxylic acids is 2. The lowest BCUT2D eigenvalue weighted by atomic mass is 10.0. The van der Waals surface area contributed by atoms with Crippen LogP contribution in [-0.2, 0) is 32.7 Å². The number of nitrogens with two attached hydrogens (primary N) is 1. The number of ether oxygens (including phenoxy) is 2. The molecule has 65 heavy (non-hydrogen) atoms. The van der Waals surface area contributed by atoms with E-state index < -0.39 is 26.5 Å². The number of hydrogen-bond donors (Lipinski definition) is 2. The fourth-order valence-corrected chi connectivity index (χ4v) is 8.21. The van der Waals surface area contributed by atoms with Crippen LogP contribution >= 0.6 is 7.82 Å². The Balaban J connectivity index is 3.90. The third-order valence-electron chi connectivity index (χ3n) is 11.4. The summed E-state index contributed by atoms with van der Waals surface area (Å²) in [5.41, 5.74) is 5.37. The molecule has 0 aromatic carbocycles. The standard InChI is InChI=1S/C55H100NO8P/c1-3-5-7-9-11-13-15-17-18-19-20-21-22-23-24-25-26-27-28-29-30-31-32-33-34-36-38-40-42-44-46-48-55(58)64-53(52-63-65(59,60)62-50-49-56)51-61-54(57)47-45-43-41-39-37-35-16-14-12-10-8-6-4-2/h5,7,11,13-14,16-18,20-21,53H,3-4,6,8-10,12,15,19,22-52,56H2,1-2H3,(H,59,60)/b7-5-,13-11-,16-14-,18-17-,21-20-. The van der Waals surface area contributed by atoms with Crippen LogP contribution in [0.1, 0.15) is 245 Å². The number of hydrogen-bond acceptors (Lipinski definition) is 8. The number of unbranched alkanes of at least 4 members (excludes halogenated alkanes) is 27. The molecule has 0 aromatic heterocycles. The van der Waals surface area contributed by atoms with Gasteiger partial charge >= 0.3 is 19.8 Å². The van der Waals surface area contributed by atoms with Gasteiger partial charge in [-0.25, -0.2) is 4.57 Å². The van der Waals surface area contributed by atoms with Crippen molar-refractivity contribution in [2.75, 3.05) is 26.4 Å². The Morgan fingerprint density at radius 1 is 0.477 bits per heavy atom. The summed E-state index contributed by atoms with van der Waals surface area (Å²) in [6.07, 6.45) is 62.8. The number of phosphoric acid groups is 1. The van der Waals surface area contributed by atoms with E-state index in [-0.39, 0.29) is 38.6 Å². The molecule has 2 atom stereocenters. The summed E-state index contributed by atoms with van der Waals surface area (Å²) in [5, 5.41) is 0. The number of carbonyl (C=O) groups is 2. The van der Waals surface area contributed by atoms with Crippen molar-refractivity contribution in [3.05, 3.63) is 60.8 Å². The molecular formula is C55H100NO8P. The van der Waals surface area contributed by atoms with Crippen molar-refractivity contribution < 1.29 is 37.6 Å². The van der Waals surface area contributed by atoms with Crippen LogP contribution in [0.2, 0.25) is 0 Å². The zero-order chi connectivity index (χ0) is 47.4. The average Bonchev–Trinajstić information content (AvgIpc) is 3.30. The number of rotatable bonds is 50. The van der Waals surface area contributed by atoms with Crippen molar-refractivity contribution in [2.24, 2.45) is 5.73 Å². The van der Waals surface area contributed by atoms with E-state index in [2.05, 4.69) is 74.6 Å². The zero-order valence-corrected chi connectivity index (χ0v) is 42.9. The number of allylic oxidation sites excluding steroid dienone is 10. The van der Waals surface area contributed by atoms with Crippen molar-refractivity contribution in [3.63, 3.8) is 0 Å². The first kappa shape index (κ1) is 62.7. The fraction of sp³-hybridized carbons (Fsp3) is 0.782. The van der Waals surface area contributed by atoms with Crippen LogP contribution in [0.25, 0.3) is 0 Å². The Morgan fingerprint density at radius 2 is 0.846 bits per heavy atom. The van der Waals surface area contributed by atoms with Crippen LogP contribution in [0.15, 0.2) is 60.8 Å². The van der Waals surface area contributed by atoms with Gasteiger partial charge in [0.15, 0.2) is 6.10 Å². The lowest BCUT2D eigenvalue weighted by molar-refractivity contribution is -0.161. The third-order valence-corrected chi connectivity index (χ3v) is 12.4. The maximum absolute atomic E-state index is 12.7. The summed E-state index contributed by atoms with van der Waals surface area (Å²) in [5.74, 6) is -0.832. The minimum absolute atomic E-state index is 0.0521. The summed E-state index contributed by atoms with van der Waals surface area (Å²) in [4.78, 5) is 35.0. The van der Waals surface area contributed by atoms with E-state index in [1.54, 1.807) is 0 Å². The Hall–Kier alpha value is -2.29. The van der Waals surface area contributed by atoms with Crippen molar-refractivity contribution in [2.45, 2.75) is 251 Å². The Bertz CT molecular complexity index is 1250. The number of phosphoric ester groups is 1. The van der Waals surface area contributed by atoms with Crippen molar-refractivity contribution in [3.8, 4) is 0 Å². The van der Waals surface area contributed by atoms with Gasteiger partial charge in [-0.3, -0.25) is 18.6 Å². The monoisotopic (exact) mass is 934 g/mol. The van der Waals surface area contributed by atoms with Gasteiger partial charge in [-0.05, 0) is 77.0 Å². The van der Waals surface area contributed by atoms with Gasteiger partial charge in [-0.2, -0.15) is 0 Å². The summed E-state index contributed by atoms with van der Waals surface area (Å²) in [6, 6.07) is 0. The molecule has 0 amide bonds. The highest BCUT2D eigenvalue weighted by Gasteiger charge is 2.26. The molecule has 0 heterocycles. The van der Waals surface area contributed by atoms with E-state index >= 15 is 0 Å². The second-order valence-electron chi connectivity index (χ2n) is 17.7. The largest absolute Gasteiger partial charge is 0.472 e. The van der Waals surface area contributed by atoms with Gasteiger partial charge in [-0.1, -0.05) is 216 Å². The summed E-state index contributed by atoms with van der Waals surface area (Å²) in [6.45, 7) is 3.62. The highest BCUT2D eigenvalue weighted by Crippen LogP contribution is 2.43. The molecule has 0 aliphatic carbocycles.